The summed E-state index contributed by atoms with van der Waals surface area (Å²) in [6, 6.07) is 2.36. The number of aryl methyl sites for hydroxylation is 1. The van der Waals surface area contributed by atoms with Gasteiger partial charge in [-0.25, -0.2) is 0 Å². The van der Waals surface area contributed by atoms with Crippen LogP contribution in [-0.2, 0) is 6.42 Å². The lowest BCUT2D eigenvalue weighted by Gasteiger charge is -2.06. The van der Waals surface area contributed by atoms with Crippen molar-refractivity contribution in [2.45, 2.75) is 26.2 Å². The van der Waals surface area contributed by atoms with E-state index in [4.69, 9.17) is 0 Å². The lowest BCUT2D eigenvalue weighted by atomic mass is 10.0. The van der Waals surface area contributed by atoms with Crippen LogP contribution in [0.5, 0.6) is 0 Å². The molecule has 12 heavy (non-hydrogen) atoms. The highest BCUT2D eigenvalue weighted by Gasteiger charge is 2.16. The SMILES string of the molecule is Cc1cc2c(s1)CCNCC2C. The van der Waals surface area contributed by atoms with Crippen LogP contribution < -0.4 is 5.32 Å². The van der Waals surface area contributed by atoms with Gasteiger partial charge in [-0.1, -0.05) is 6.92 Å². The van der Waals surface area contributed by atoms with E-state index < -0.39 is 0 Å². The summed E-state index contributed by atoms with van der Waals surface area (Å²) in [6.07, 6.45) is 1.22. The molecule has 0 fully saturated rings. The molecule has 1 unspecified atom stereocenters. The molecule has 0 aromatic carbocycles. The van der Waals surface area contributed by atoms with Crippen LogP contribution in [0.3, 0.4) is 0 Å². The Hall–Kier alpha value is -0.340. The van der Waals surface area contributed by atoms with Crippen LogP contribution in [0.15, 0.2) is 6.07 Å². The Balaban J connectivity index is 2.38. The Bertz CT molecular complexity index is 277. The molecule has 0 amide bonds. The Kier molecular flexibility index (Phi) is 2.20. The van der Waals surface area contributed by atoms with Crippen molar-refractivity contribution in [2.75, 3.05) is 13.1 Å². The van der Waals surface area contributed by atoms with E-state index in [1.165, 1.54) is 11.3 Å². The minimum atomic E-state index is 0.701. The van der Waals surface area contributed by atoms with Crippen molar-refractivity contribution in [2.24, 2.45) is 0 Å². The van der Waals surface area contributed by atoms with Gasteiger partial charge in [0.05, 0.1) is 0 Å². The fourth-order valence-electron chi connectivity index (χ4n) is 1.83. The molecule has 2 heteroatoms. The molecule has 1 aliphatic heterocycles. The van der Waals surface area contributed by atoms with Crippen molar-refractivity contribution in [3.05, 3.63) is 21.4 Å². The van der Waals surface area contributed by atoms with Crippen LogP contribution in [0.1, 0.15) is 28.2 Å². The predicted molar refractivity (Wildman–Crippen MR) is 54.0 cm³/mol. The molecule has 0 bridgehead atoms. The maximum absolute atomic E-state index is 3.46. The summed E-state index contributed by atoms with van der Waals surface area (Å²) < 4.78 is 0. The van der Waals surface area contributed by atoms with E-state index in [1.807, 2.05) is 11.3 Å². The van der Waals surface area contributed by atoms with Gasteiger partial charge in [0.1, 0.15) is 0 Å². The van der Waals surface area contributed by atoms with E-state index in [0.29, 0.717) is 5.92 Å². The molecule has 0 aliphatic carbocycles. The molecule has 2 heterocycles. The highest BCUT2D eigenvalue weighted by molar-refractivity contribution is 7.12. The fraction of sp³-hybridized carbons (Fsp3) is 0.600. The average molecular weight is 181 g/mol. The first-order valence-corrected chi connectivity index (χ1v) is 5.39. The minimum Gasteiger partial charge on any atom is -0.316 e. The standard InChI is InChI=1S/C10H15NS/c1-7-6-11-4-3-10-9(7)5-8(2)12-10/h5,7,11H,3-4,6H2,1-2H3. The van der Waals surface area contributed by atoms with Gasteiger partial charge in [-0.05, 0) is 37.4 Å². The van der Waals surface area contributed by atoms with E-state index in [1.54, 1.807) is 10.4 Å². The van der Waals surface area contributed by atoms with Gasteiger partial charge >= 0.3 is 0 Å². The molecule has 1 atom stereocenters. The van der Waals surface area contributed by atoms with E-state index >= 15 is 0 Å². The zero-order valence-corrected chi connectivity index (χ0v) is 8.50. The van der Waals surface area contributed by atoms with Crippen LogP contribution >= 0.6 is 11.3 Å². The highest BCUT2D eigenvalue weighted by Crippen LogP contribution is 2.29. The summed E-state index contributed by atoms with van der Waals surface area (Å²) in [7, 11) is 0. The van der Waals surface area contributed by atoms with Crippen LogP contribution in [0.25, 0.3) is 0 Å². The minimum absolute atomic E-state index is 0.701. The second-order valence-corrected chi connectivity index (χ2v) is 4.93. The molecule has 2 rings (SSSR count). The number of fused-ring (bicyclic) bond motifs is 1. The Morgan fingerprint density at radius 3 is 3.25 bits per heavy atom. The summed E-state index contributed by atoms with van der Waals surface area (Å²) in [5.74, 6) is 0.701. The third-order valence-electron chi connectivity index (χ3n) is 2.48. The lowest BCUT2D eigenvalue weighted by molar-refractivity contribution is 0.644. The highest BCUT2D eigenvalue weighted by atomic mass is 32.1. The van der Waals surface area contributed by atoms with Gasteiger partial charge in [-0.3, -0.25) is 0 Å². The summed E-state index contributed by atoms with van der Waals surface area (Å²) in [5, 5.41) is 3.46. The first kappa shape index (κ1) is 8.27. The first-order valence-electron chi connectivity index (χ1n) is 4.57. The topological polar surface area (TPSA) is 12.0 Å². The molecular weight excluding hydrogens is 166 g/mol. The van der Waals surface area contributed by atoms with Gasteiger partial charge in [0.2, 0.25) is 0 Å². The van der Waals surface area contributed by atoms with Gasteiger partial charge in [0.15, 0.2) is 0 Å². The quantitative estimate of drug-likeness (QED) is 0.647. The predicted octanol–water partition coefficient (Wildman–Crippen LogP) is 2.31. The first-order chi connectivity index (χ1) is 5.77. The second kappa shape index (κ2) is 3.19. The largest absolute Gasteiger partial charge is 0.316 e. The van der Waals surface area contributed by atoms with Crippen molar-refractivity contribution in [1.29, 1.82) is 0 Å². The smallest absolute Gasteiger partial charge is 0.00958 e. The number of thiophene rings is 1. The van der Waals surface area contributed by atoms with Crippen LogP contribution in [0.2, 0.25) is 0 Å². The molecule has 1 aromatic heterocycles. The Morgan fingerprint density at radius 1 is 1.58 bits per heavy atom. The van der Waals surface area contributed by atoms with Crippen molar-refractivity contribution in [1.82, 2.24) is 5.32 Å². The zero-order valence-electron chi connectivity index (χ0n) is 7.68. The van der Waals surface area contributed by atoms with E-state index in [9.17, 15) is 0 Å². The molecule has 1 aliphatic rings. The maximum Gasteiger partial charge on any atom is 0.00958 e. The lowest BCUT2D eigenvalue weighted by Crippen LogP contribution is -2.18. The number of nitrogens with one attached hydrogen (secondary N) is 1. The Labute approximate surface area is 77.8 Å². The molecule has 0 radical (unpaired) electrons. The van der Waals surface area contributed by atoms with Gasteiger partial charge in [0, 0.05) is 16.3 Å². The molecule has 1 aromatic rings. The molecule has 0 spiro atoms. The van der Waals surface area contributed by atoms with Crippen molar-refractivity contribution >= 4 is 11.3 Å². The van der Waals surface area contributed by atoms with Gasteiger partial charge < -0.3 is 5.32 Å². The maximum atomic E-state index is 3.46. The number of hydrogen-bond donors (Lipinski definition) is 1. The molecular formula is C10H15NS. The van der Waals surface area contributed by atoms with E-state index in [0.717, 1.165) is 13.1 Å². The van der Waals surface area contributed by atoms with E-state index in [-0.39, 0.29) is 0 Å². The fourth-order valence-corrected chi connectivity index (χ4v) is 2.98. The van der Waals surface area contributed by atoms with Gasteiger partial charge in [-0.15, -0.1) is 11.3 Å². The third-order valence-corrected chi connectivity index (χ3v) is 3.60. The van der Waals surface area contributed by atoms with E-state index in [2.05, 4.69) is 25.2 Å². The normalized spacial score (nSPS) is 23.3. The molecule has 0 saturated heterocycles. The zero-order chi connectivity index (χ0) is 8.55. The number of rotatable bonds is 0. The van der Waals surface area contributed by atoms with Gasteiger partial charge in [-0.2, -0.15) is 0 Å². The average Bonchev–Trinajstić information content (AvgIpc) is 2.33. The molecule has 1 N–H and O–H groups in total. The third kappa shape index (κ3) is 1.41. The van der Waals surface area contributed by atoms with Crippen LogP contribution in [-0.4, -0.2) is 13.1 Å². The van der Waals surface area contributed by atoms with Crippen molar-refractivity contribution in [3.63, 3.8) is 0 Å². The van der Waals surface area contributed by atoms with Crippen molar-refractivity contribution in [3.8, 4) is 0 Å². The summed E-state index contributed by atoms with van der Waals surface area (Å²) in [5.41, 5.74) is 1.59. The summed E-state index contributed by atoms with van der Waals surface area (Å²) in [4.78, 5) is 3.07. The molecule has 66 valence electrons. The molecule has 0 saturated carbocycles. The van der Waals surface area contributed by atoms with Gasteiger partial charge in [0.25, 0.3) is 0 Å². The number of hydrogen-bond acceptors (Lipinski definition) is 2. The molecule has 1 nitrogen and oxygen atoms in total. The van der Waals surface area contributed by atoms with Crippen LogP contribution in [0, 0.1) is 6.92 Å². The summed E-state index contributed by atoms with van der Waals surface area (Å²) in [6.45, 7) is 6.81. The van der Waals surface area contributed by atoms with Crippen LogP contribution in [0.4, 0.5) is 0 Å². The van der Waals surface area contributed by atoms with Crippen molar-refractivity contribution < 1.29 is 0 Å². The monoisotopic (exact) mass is 181 g/mol. The summed E-state index contributed by atoms with van der Waals surface area (Å²) >= 11 is 1.97. The Morgan fingerprint density at radius 2 is 2.42 bits per heavy atom. The second-order valence-electron chi connectivity index (χ2n) is 3.59.